The van der Waals surface area contributed by atoms with Crippen LogP contribution in [0.15, 0.2) is 30.6 Å². The summed E-state index contributed by atoms with van der Waals surface area (Å²) < 4.78 is 121. The Morgan fingerprint density at radius 3 is 1.46 bits per heavy atom. The second kappa shape index (κ2) is 10.6. The van der Waals surface area contributed by atoms with E-state index in [0.29, 0.717) is 0 Å². The molecule has 0 N–H and O–H groups in total. The van der Waals surface area contributed by atoms with Crippen LogP contribution >= 0.6 is 0 Å². The van der Waals surface area contributed by atoms with Gasteiger partial charge in [0.05, 0.1) is 6.67 Å². The van der Waals surface area contributed by atoms with Gasteiger partial charge in [0, 0.05) is 18.6 Å². The highest BCUT2D eigenvalue weighted by Crippen LogP contribution is 2.28. The Bertz CT molecular complexity index is 506. The van der Waals surface area contributed by atoms with Crippen molar-refractivity contribution < 1.29 is 44.1 Å². The van der Waals surface area contributed by atoms with E-state index in [9.17, 15) is 39.5 Å². The summed E-state index contributed by atoms with van der Waals surface area (Å²) in [6, 6.07) is 4.49. The number of hydrogen-bond acceptors (Lipinski definition) is 0. The second-order valence-electron chi connectivity index (χ2n) is 5.75. The molecule has 8 unspecified atom stereocenters. The number of rotatable bonds is 11. The van der Waals surface area contributed by atoms with Gasteiger partial charge in [-0.2, -0.15) is 0 Å². The largest absolute Gasteiger partial charge is 0.251 e. The Kier molecular flexibility index (Phi) is 9.21. The molecule has 8 atom stereocenters. The smallest absolute Gasteiger partial charge is 0.192 e. The first-order valence-corrected chi connectivity index (χ1v) is 7.83. The van der Waals surface area contributed by atoms with Crippen LogP contribution in [0.2, 0.25) is 0 Å². The molecule has 0 amide bonds. The zero-order valence-corrected chi connectivity index (χ0v) is 13.5. The zero-order chi connectivity index (χ0) is 19.9. The van der Waals surface area contributed by atoms with Crippen LogP contribution in [0.1, 0.15) is 6.42 Å². The summed E-state index contributed by atoms with van der Waals surface area (Å²) in [7, 11) is 0. The minimum absolute atomic E-state index is 0.722. The van der Waals surface area contributed by atoms with Crippen LogP contribution in [-0.4, -0.2) is 56.0 Å². The minimum atomic E-state index is -3.58. The quantitative estimate of drug-likeness (QED) is 0.393. The number of hydrogen-bond donors (Lipinski definition) is 0. The molecular formula is C16H19F9N+. The summed E-state index contributed by atoms with van der Waals surface area (Å²) in [5.41, 5.74) is 0. The lowest BCUT2D eigenvalue weighted by Gasteiger charge is -2.25. The van der Waals surface area contributed by atoms with Crippen LogP contribution in [0.3, 0.4) is 0 Å². The van der Waals surface area contributed by atoms with Crippen molar-refractivity contribution in [3.8, 4) is 0 Å². The van der Waals surface area contributed by atoms with E-state index in [0.717, 1.165) is 4.57 Å². The van der Waals surface area contributed by atoms with E-state index in [1.54, 1.807) is 6.07 Å². The summed E-state index contributed by atoms with van der Waals surface area (Å²) in [5.74, 6) is 0. The average molecular weight is 396 g/mol. The molecule has 0 aliphatic rings. The molecule has 26 heavy (non-hydrogen) atoms. The van der Waals surface area contributed by atoms with Crippen molar-refractivity contribution in [3.63, 3.8) is 0 Å². The predicted molar refractivity (Wildman–Crippen MR) is 76.4 cm³/mol. The fraction of sp³-hybridized carbons (Fsp3) is 0.688. The summed E-state index contributed by atoms with van der Waals surface area (Å²) in [5, 5.41) is 0. The zero-order valence-electron chi connectivity index (χ0n) is 13.5. The molecule has 1 nitrogen and oxygen atoms in total. The molecule has 0 spiro atoms. The van der Waals surface area contributed by atoms with Gasteiger partial charge in [-0.15, -0.1) is 0 Å². The van der Waals surface area contributed by atoms with Gasteiger partial charge in [0.25, 0.3) is 0 Å². The lowest BCUT2D eigenvalue weighted by molar-refractivity contribution is -0.702. The molecule has 0 aliphatic heterocycles. The highest BCUT2D eigenvalue weighted by Gasteiger charge is 2.47. The molecule has 0 aliphatic carbocycles. The summed E-state index contributed by atoms with van der Waals surface area (Å²) in [6.45, 7) is -2.09. The number of alkyl halides is 9. The van der Waals surface area contributed by atoms with Crippen molar-refractivity contribution >= 4 is 0 Å². The van der Waals surface area contributed by atoms with Crippen molar-refractivity contribution in [2.45, 2.75) is 62.3 Å². The maximum absolute atomic E-state index is 13.8. The van der Waals surface area contributed by atoms with Crippen LogP contribution < -0.4 is 4.57 Å². The van der Waals surface area contributed by atoms with Crippen LogP contribution in [-0.2, 0) is 6.54 Å². The third kappa shape index (κ3) is 6.05. The number of aromatic nitrogens is 1. The first kappa shape index (κ1) is 22.6. The fourth-order valence-electron chi connectivity index (χ4n) is 2.22. The van der Waals surface area contributed by atoms with Crippen LogP contribution in [0.4, 0.5) is 39.5 Å². The van der Waals surface area contributed by atoms with Gasteiger partial charge >= 0.3 is 0 Å². The molecular weight excluding hydrogens is 377 g/mol. The van der Waals surface area contributed by atoms with E-state index in [1.807, 2.05) is 0 Å². The molecule has 1 heterocycles. The van der Waals surface area contributed by atoms with E-state index in [4.69, 9.17) is 0 Å². The van der Waals surface area contributed by atoms with Gasteiger partial charge in [-0.25, -0.2) is 39.7 Å². The molecule has 0 radical (unpaired) electrons. The van der Waals surface area contributed by atoms with Gasteiger partial charge in [0.1, 0.15) is 6.17 Å². The third-order valence-corrected chi connectivity index (χ3v) is 3.76. The molecule has 0 aromatic carbocycles. The van der Waals surface area contributed by atoms with Crippen LogP contribution in [0, 0.1) is 0 Å². The van der Waals surface area contributed by atoms with Crippen molar-refractivity contribution in [1.82, 2.24) is 0 Å². The number of pyridine rings is 1. The Morgan fingerprint density at radius 1 is 0.577 bits per heavy atom. The highest BCUT2D eigenvalue weighted by molar-refractivity contribution is 4.92. The lowest BCUT2D eigenvalue weighted by Crippen LogP contribution is -2.49. The van der Waals surface area contributed by atoms with Gasteiger partial charge in [0.2, 0.25) is 0 Å². The summed E-state index contributed by atoms with van der Waals surface area (Å²) in [6.07, 6.45) is -24.3. The Hall–Kier alpha value is -1.48. The Labute approximate surface area is 144 Å². The van der Waals surface area contributed by atoms with Gasteiger partial charge in [-0.1, -0.05) is 6.07 Å². The second-order valence-corrected chi connectivity index (χ2v) is 5.75. The van der Waals surface area contributed by atoms with Crippen molar-refractivity contribution in [1.29, 1.82) is 0 Å². The predicted octanol–water partition coefficient (Wildman–Crippen LogP) is 4.04. The van der Waals surface area contributed by atoms with Crippen molar-refractivity contribution in [2.24, 2.45) is 0 Å². The van der Waals surface area contributed by atoms with E-state index < -0.39 is 69.0 Å². The molecule has 1 rings (SSSR count). The van der Waals surface area contributed by atoms with E-state index in [2.05, 4.69) is 0 Å². The molecule has 0 bridgehead atoms. The molecule has 1 aromatic heterocycles. The Morgan fingerprint density at radius 2 is 1.00 bits per heavy atom. The van der Waals surface area contributed by atoms with Crippen molar-refractivity contribution in [3.05, 3.63) is 30.6 Å². The van der Waals surface area contributed by atoms with Gasteiger partial charge in [0.15, 0.2) is 62.1 Å². The minimum Gasteiger partial charge on any atom is -0.251 e. The van der Waals surface area contributed by atoms with Gasteiger partial charge in [-0.3, -0.25) is 4.39 Å². The first-order valence-electron chi connectivity index (χ1n) is 7.83. The standard InChI is InChI=1S/C16H19F9N/c17-5-4-9(18)11(20)13(22)15(24)16(25)14(23)12(21)10(19)8-26-6-2-1-3-7-26/h1-3,6-7,9-16H,4-5,8H2/q+1. The van der Waals surface area contributed by atoms with E-state index >= 15 is 0 Å². The maximum atomic E-state index is 13.8. The Balaban J connectivity index is 2.67. The van der Waals surface area contributed by atoms with Gasteiger partial charge in [-0.05, 0) is 0 Å². The molecule has 0 saturated heterocycles. The average Bonchev–Trinajstić information content (AvgIpc) is 2.65. The topological polar surface area (TPSA) is 3.88 Å². The normalized spacial score (nSPS) is 21.3. The third-order valence-electron chi connectivity index (χ3n) is 3.76. The van der Waals surface area contributed by atoms with Gasteiger partial charge < -0.3 is 0 Å². The van der Waals surface area contributed by atoms with Crippen LogP contribution in [0.25, 0.3) is 0 Å². The molecule has 10 heteroatoms. The monoisotopic (exact) mass is 396 g/mol. The number of nitrogens with zero attached hydrogens (tertiary/aromatic N) is 1. The van der Waals surface area contributed by atoms with Crippen LogP contribution in [0.5, 0.6) is 0 Å². The molecule has 1 aromatic rings. The molecule has 0 saturated carbocycles. The summed E-state index contributed by atoms with van der Waals surface area (Å²) in [4.78, 5) is 0. The molecule has 150 valence electrons. The lowest BCUT2D eigenvalue weighted by atomic mass is 9.97. The SMILES string of the molecule is FCCC(F)C(F)C(F)C(F)C(F)C(F)C(F)C(F)C[n+]1ccccc1. The highest BCUT2D eigenvalue weighted by atomic mass is 19.2. The fourth-order valence-corrected chi connectivity index (χ4v) is 2.22. The molecule has 0 fully saturated rings. The summed E-state index contributed by atoms with van der Waals surface area (Å²) >= 11 is 0. The maximum Gasteiger partial charge on any atom is 0.192 e. The van der Waals surface area contributed by atoms with Crippen molar-refractivity contribution in [2.75, 3.05) is 6.67 Å². The first-order chi connectivity index (χ1) is 12.2. The number of halogens is 9. The van der Waals surface area contributed by atoms with E-state index in [1.165, 1.54) is 24.5 Å². The van der Waals surface area contributed by atoms with E-state index in [-0.39, 0.29) is 0 Å².